The van der Waals surface area contributed by atoms with Gasteiger partial charge >= 0.3 is 39.5 Å². The quantitative estimate of drug-likeness (QED) is 0.0222. The van der Waals surface area contributed by atoms with E-state index in [-0.39, 0.29) is 25.7 Å². The molecule has 19 heteroatoms. The highest BCUT2D eigenvalue weighted by Crippen LogP contribution is 2.45. The van der Waals surface area contributed by atoms with E-state index in [4.69, 9.17) is 37.0 Å². The van der Waals surface area contributed by atoms with Gasteiger partial charge in [-0.2, -0.15) is 0 Å². The van der Waals surface area contributed by atoms with Gasteiger partial charge in [-0.15, -0.1) is 0 Å². The van der Waals surface area contributed by atoms with E-state index < -0.39 is 97.5 Å². The van der Waals surface area contributed by atoms with Crippen molar-refractivity contribution in [3.63, 3.8) is 0 Å². The third-order valence-electron chi connectivity index (χ3n) is 15.6. The minimum Gasteiger partial charge on any atom is -0.462 e. The molecular weight excluding hydrogens is 1130 g/mol. The van der Waals surface area contributed by atoms with Crippen molar-refractivity contribution in [2.75, 3.05) is 39.6 Å². The summed E-state index contributed by atoms with van der Waals surface area (Å²) in [6, 6.07) is 0. The summed E-state index contributed by atoms with van der Waals surface area (Å²) < 4.78 is 68.0. The van der Waals surface area contributed by atoms with Crippen LogP contribution in [-0.2, 0) is 65.4 Å². The molecule has 17 nitrogen and oxygen atoms in total. The number of esters is 4. The first-order valence-corrected chi connectivity index (χ1v) is 37.7. The Kier molecular flexibility index (Phi) is 58.3. The summed E-state index contributed by atoms with van der Waals surface area (Å²) in [7, 11) is -9.89. The van der Waals surface area contributed by atoms with Crippen molar-refractivity contribution in [2.45, 2.75) is 355 Å². The lowest BCUT2D eigenvalue weighted by molar-refractivity contribution is -0.161. The van der Waals surface area contributed by atoms with Crippen LogP contribution < -0.4 is 0 Å². The Labute approximate surface area is 517 Å². The lowest BCUT2D eigenvalue weighted by atomic mass is 9.99. The average Bonchev–Trinajstić information content (AvgIpc) is 3.51. The molecule has 0 aliphatic heterocycles. The molecule has 504 valence electrons. The highest BCUT2D eigenvalue weighted by molar-refractivity contribution is 7.47. The lowest BCUT2D eigenvalue weighted by Gasteiger charge is -2.21. The summed E-state index contributed by atoms with van der Waals surface area (Å²) in [6.07, 6.45) is 44.4. The standard InChI is InChI=1S/C66H128O17P2/c1-6-10-13-16-19-21-23-25-27-29-35-40-45-50-64(69)77-56-62(82-65(70)51-46-41-36-30-28-26-24-22-20-17-14-11-7-2)58-81-85(74,75)79-54-60(67)53-78-84(72,73)80-57-61(55-76-63(68)49-44-39-33-18-15-12-8-3)83-66(71)52-47-42-37-32-31-34-38-43-48-59(5)9-4/h59-62,67H,6-58H2,1-5H3,(H,72,73)(H,74,75)/t59?,60-,61+,62+/m0/s1. The molecule has 3 unspecified atom stereocenters. The minimum atomic E-state index is -4.95. The van der Waals surface area contributed by atoms with Crippen LogP contribution in [0.1, 0.15) is 336 Å². The third kappa shape index (κ3) is 59.5. The molecule has 0 saturated carbocycles. The lowest BCUT2D eigenvalue weighted by Crippen LogP contribution is -2.30. The van der Waals surface area contributed by atoms with Gasteiger partial charge in [0.2, 0.25) is 0 Å². The summed E-state index contributed by atoms with van der Waals surface area (Å²) in [5, 5.41) is 10.5. The zero-order valence-electron chi connectivity index (χ0n) is 54.7. The number of phosphoric acid groups is 2. The molecule has 0 aromatic carbocycles. The van der Waals surface area contributed by atoms with Crippen molar-refractivity contribution in [3.8, 4) is 0 Å². The van der Waals surface area contributed by atoms with Crippen LogP contribution in [0.15, 0.2) is 0 Å². The zero-order valence-corrected chi connectivity index (χ0v) is 56.5. The number of carbonyl (C=O) groups is 4. The number of phosphoric ester groups is 2. The van der Waals surface area contributed by atoms with Gasteiger partial charge in [-0.25, -0.2) is 9.13 Å². The topological polar surface area (TPSA) is 237 Å². The fraction of sp³-hybridized carbons (Fsp3) is 0.939. The van der Waals surface area contributed by atoms with E-state index in [9.17, 15) is 43.2 Å². The molecule has 0 saturated heterocycles. The molecule has 0 bridgehead atoms. The van der Waals surface area contributed by atoms with E-state index in [2.05, 4.69) is 34.6 Å². The van der Waals surface area contributed by atoms with Gasteiger partial charge in [-0.3, -0.25) is 37.3 Å². The van der Waals surface area contributed by atoms with Gasteiger partial charge < -0.3 is 33.8 Å². The maximum atomic E-state index is 13.0. The molecule has 3 N–H and O–H groups in total. The van der Waals surface area contributed by atoms with Crippen LogP contribution in [0.2, 0.25) is 0 Å². The van der Waals surface area contributed by atoms with Crippen LogP contribution in [0.3, 0.4) is 0 Å². The molecule has 0 aliphatic rings. The van der Waals surface area contributed by atoms with Gasteiger partial charge in [0.05, 0.1) is 26.4 Å². The molecule has 0 fully saturated rings. The fourth-order valence-corrected chi connectivity index (χ4v) is 11.5. The number of unbranched alkanes of at least 4 members (excludes halogenated alkanes) is 37. The number of hydrogen-bond acceptors (Lipinski definition) is 15. The molecule has 0 heterocycles. The molecule has 85 heavy (non-hydrogen) atoms. The predicted molar refractivity (Wildman–Crippen MR) is 340 cm³/mol. The highest BCUT2D eigenvalue weighted by atomic mass is 31.2. The van der Waals surface area contributed by atoms with Crippen LogP contribution in [0.25, 0.3) is 0 Å². The molecular formula is C66H128O17P2. The van der Waals surface area contributed by atoms with Crippen molar-refractivity contribution < 1.29 is 80.2 Å². The molecule has 0 aromatic rings. The highest BCUT2D eigenvalue weighted by Gasteiger charge is 2.30. The monoisotopic (exact) mass is 1250 g/mol. The van der Waals surface area contributed by atoms with Crippen LogP contribution in [0, 0.1) is 5.92 Å². The Morgan fingerprint density at radius 3 is 0.835 bits per heavy atom. The van der Waals surface area contributed by atoms with Crippen molar-refractivity contribution in [1.82, 2.24) is 0 Å². The van der Waals surface area contributed by atoms with E-state index >= 15 is 0 Å². The van der Waals surface area contributed by atoms with E-state index in [1.165, 1.54) is 148 Å². The van der Waals surface area contributed by atoms with Gasteiger partial charge in [0.25, 0.3) is 0 Å². The molecule has 0 radical (unpaired) electrons. The second-order valence-electron chi connectivity index (χ2n) is 24.1. The van der Waals surface area contributed by atoms with Crippen LogP contribution >= 0.6 is 15.6 Å². The number of hydrogen-bond donors (Lipinski definition) is 3. The molecule has 0 spiro atoms. The molecule has 0 aromatic heterocycles. The first-order chi connectivity index (χ1) is 41.1. The Balaban J connectivity index is 5.22. The maximum Gasteiger partial charge on any atom is 0.472 e. The van der Waals surface area contributed by atoms with E-state index in [1.807, 2.05) is 0 Å². The van der Waals surface area contributed by atoms with Crippen LogP contribution in [-0.4, -0.2) is 96.7 Å². The van der Waals surface area contributed by atoms with E-state index in [0.29, 0.717) is 25.7 Å². The Bertz CT molecular complexity index is 1650. The summed E-state index contributed by atoms with van der Waals surface area (Å²) in [4.78, 5) is 72.2. The van der Waals surface area contributed by atoms with Gasteiger partial charge in [-0.1, -0.05) is 285 Å². The molecule has 6 atom stereocenters. The molecule has 0 amide bonds. The summed E-state index contributed by atoms with van der Waals surface area (Å²) >= 11 is 0. The Morgan fingerprint density at radius 2 is 0.565 bits per heavy atom. The fourth-order valence-electron chi connectivity index (χ4n) is 9.90. The number of aliphatic hydroxyl groups excluding tert-OH is 1. The zero-order chi connectivity index (χ0) is 62.8. The molecule has 0 aliphatic carbocycles. The summed E-state index contributed by atoms with van der Waals surface area (Å²) in [5.41, 5.74) is 0. The number of aliphatic hydroxyl groups is 1. The molecule has 0 rings (SSSR count). The predicted octanol–water partition coefficient (Wildman–Crippen LogP) is 18.6. The van der Waals surface area contributed by atoms with Gasteiger partial charge in [-0.05, 0) is 31.6 Å². The number of carbonyl (C=O) groups excluding carboxylic acids is 4. The van der Waals surface area contributed by atoms with Gasteiger partial charge in [0.1, 0.15) is 19.3 Å². The van der Waals surface area contributed by atoms with Crippen molar-refractivity contribution >= 4 is 39.5 Å². The van der Waals surface area contributed by atoms with Crippen molar-refractivity contribution in [2.24, 2.45) is 5.92 Å². The largest absolute Gasteiger partial charge is 0.472 e. The smallest absolute Gasteiger partial charge is 0.462 e. The van der Waals surface area contributed by atoms with E-state index in [1.54, 1.807) is 0 Å². The first kappa shape index (κ1) is 83.1. The summed E-state index contributed by atoms with van der Waals surface area (Å²) in [5.74, 6) is -1.36. The van der Waals surface area contributed by atoms with Crippen molar-refractivity contribution in [1.29, 1.82) is 0 Å². The number of rotatable bonds is 66. The van der Waals surface area contributed by atoms with Crippen LogP contribution in [0.5, 0.6) is 0 Å². The summed E-state index contributed by atoms with van der Waals surface area (Å²) in [6.45, 7) is 7.18. The second kappa shape index (κ2) is 59.7. The average molecular weight is 1260 g/mol. The van der Waals surface area contributed by atoms with Crippen LogP contribution in [0.4, 0.5) is 0 Å². The minimum absolute atomic E-state index is 0.105. The Hall–Kier alpha value is -1.94. The first-order valence-electron chi connectivity index (χ1n) is 34.7. The van der Waals surface area contributed by atoms with Gasteiger partial charge in [0.15, 0.2) is 12.2 Å². The SMILES string of the molecule is CCCCCCCCCCCCCCCC(=O)OC[C@H](COP(=O)(O)OC[C@@H](O)COP(=O)(O)OC[C@@H](COC(=O)CCCCCCCCC)OC(=O)CCCCCCCCCCC(C)CC)OC(=O)CCCCCCCCCCCCCCC. The Morgan fingerprint density at radius 1 is 0.329 bits per heavy atom. The second-order valence-corrected chi connectivity index (χ2v) is 27.0. The van der Waals surface area contributed by atoms with Gasteiger partial charge in [0, 0.05) is 25.7 Å². The maximum absolute atomic E-state index is 13.0. The third-order valence-corrected chi connectivity index (χ3v) is 17.5. The van der Waals surface area contributed by atoms with E-state index in [0.717, 1.165) is 109 Å². The number of ether oxygens (including phenoxy) is 4. The normalized spacial score (nSPS) is 14.5. The van der Waals surface area contributed by atoms with Crippen molar-refractivity contribution in [3.05, 3.63) is 0 Å².